The Morgan fingerprint density at radius 3 is 2.88 bits per heavy atom. The Bertz CT molecular complexity index is 496. The maximum absolute atomic E-state index is 13.5. The van der Waals surface area contributed by atoms with Crippen LogP contribution in [-0.4, -0.2) is 12.0 Å². The first kappa shape index (κ1) is 11.2. The van der Waals surface area contributed by atoms with Crippen LogP contribution in [0.5, 0.6) is 0 Å². The molecule has 0 amide bonds. The fourth-order valence-electron chi connectivity index (χ4n) is 1.36. The predicted molar refractivity (Wildman–Crippen MR) is 60.2 cm³/mol. The monoisotopic (exact) mass is 240 g/mol. The average molecular weight is 240 g/mol. The molecule has 0 fully saturated rings. The molecule has 1 aromatic carbocycles. The lowest BCUT2D eigenvalue weighted by molar-refractivity contribution is 0.586. The molecule has 5 heteroatoms. The second kappa shape index (κ2) is 4.67. The van der Waals surface area contributed by atoms with Crippen LogP contribution in [-0.2, 0) is 6.54 Å². The summed E-state index contributed by atoms with van der Waals surface area (Å²) in [6, 6.07) is 3.56. The van der Waals surface area contributed by atoms with E-state index < -0.39 is 11.6 Å². The van der Waals surface area contributed by atoms with Gasteiger partial charge in [-0.15, -0.1) is 11.3 Å². The van der Waals surface area contributed by atoms with Gasteiger partial charge in [0.15, 0.2) is 0 Å². The lowest BCUT2D eigenvalue weighted by Crippen LogP contribution is -2.03. The van der Waals surface area contributed by atoms with Gasteiger partial charge < -0.3 is 5.32 Å². The number of thiazole rings is 1. The van der Waals surface area contributed by atoms with Gasteiger partial charge in [-0.1, -0.05) is 0 Å². The van der Waals surface area contributed by atoms with E-state index in [0.717, 1.165) is 11.1 Å². The molecule has 84 valence electrons. The third-order valence-corrected chi connectivity index (χ3v) is 3.11. The molecule has 2 aromatic rings. The van der Waals surface area contributed by atoms with Crippen molar-refractivity contribution in [3.8, 4) is 10.4 Å². The zero-order valence-electron chi connectivity index (χ0n) is 8.63. The second-order valence-corrected chi connectivity index (χ2v) is 4.39. The maximum Gasteiger partial charge on any atom is 0.134 e. The van der Waals surface area contributed by atoms with E-state index in [2.05, 4.69) is 10.3 Å². The molecule has 0 radical (unpaired) electrons. The first-order valence-electron chi connectivity index (χ1n) is 4.75. The van der Waals surface area contributed by atoms with Gasteiger partial charge in [-0.05, 0) is 19.2 Å². The molecule has 0 saturated heterocycles. The molecular formula is C11H10F2N2S. The van der Waals surface area contributed by atoms with Crippen LogP contribution in [0.1, 0.15) is 5.01 Å². The smallest absolute Gasteiger partial charge is 0.134 e. The van der Waals surface area contributed by atoms with Crippen LogP contribution in [0.25, 0.3) is 10.4 Å². The quantitative estimate of drug-likeness (QED) is 0.892. The Labute approximate surface area is 96.0 Å². The summed E-state index contributed by atoms with van der Waals surface area (Å²) in [5.41, 5.74) is 0.390. The van der Waals surface area contributed by atoms with Crippen molar-refractivity contribution in [1.29, 1.82) is 0 Å². The first-order valence-corrected chi connectivity index (χ1v) is 5.57. The molecule has 2 rings (SSSR count). The molecule has 0 unspecified atom stereocenters. The fourth-order valence-corrected chi connectivity index (χ4v) is 2.31. The minimum Gasteiger partial charge on any atom is -0.314 e. The summed E-state index contributed by atoms with van der Waals surface area (Å²) in [6.45, 7) is 0.646. The van der Waals surface area contributed by atoms with Crippen LogP contribution in [0.2, 0.25) is 0 Å². The summed E-state index contributed by atoms with van der Waals surface area (Å²) >= 11 is 1.39. The third-order valence-electron chi connectivity index (χ3n) is 2.08. The van der Waals surface area contributed by atoms with Crippen molar-refractivity contribution in [1.82, 2.24) is 10.3 Å². The van der Waals surface area contributed by atoms with E-state index in [1.807, 2.05) is 7.05 Å². The van der Waals surface area contributed by atoms with Gasteiger partial charge >= 0.3 is 0 Å². The van der Waals surface area contributed by atoms with Crippen molar-refractivity contribution in [2.45, 2.75) is 6.54 Å². The molecule has 0 atom stereocenters. The summed E-state index contributed by atoms with van der Waals surface area (Å²) in [4.78, 5) is 4.85. The highest BCUT2D eigenvalue weighted by Gasteiger charge is 2.09. The van der Waals surface area contributed by atoms with Gasteiger partial charge in [0, 0.05) is 24.4 Å². The summed E-state index contributed by atoms with van der Waals surface area (Å²) in [5.74, 6) is -1.12. The molecule has 1 N–H and O–H groups in total. The summed E-state index contributed by atoms with van der Waals surface area (Å²) in [7, 11) is 1.82. The van der Waals surface area contributed by atoms with Gasteiger partial charge in [-0.2, -0.15) is 0 Å². The normalized spacial score (nSPS) is 10.7. The summed E-state index contributed by atoms with van der Waals surface area (Å²) in [6.07, 6.45) is 1.60. The lowest BCUT2D eigenvalue weighted by atomic mass is 10.2. The minimum atomic E-state index is -0.568. The van der Waals surface area contributed by atoms with E-state index in [4.69, 9.17) is 0 Å². The number of halogens is 2. The summed E-state index contributed by atoms with van der Waals surface area (Å²) in [5, 5.41) is 3.84. The highest BCUT2D eigenvalue weighted by atomic mass is 32.1. The van der Waals surface area contributed by atoms with Gasteiger partial charge in [-0.25, -0.2) is 13.8 Å². The van der Waals surface area contributed by atoms with Crippen molar-refractivity contribution in [2.75, 3.05) is 7.05 Å². The van der Waals surface area contributed by atoms with Gasteiger partial charge in [-0.3, -0.25) is 0 Å². The third kappa shape index (κ3) is 2.25. The van der Waals surface area contributed by atoms with Gasteiger partial charge in [0.1, 0.15) is 16.6 Å². The SMILES string of the molecule is CNCc1ncc(-c2ccc(F)cc2F)s1. The van der Waals surface area contributed by atoms with E-state index >= 15 is 0 Å². The van der Waals surface area contributed by atoms with Crippen molar-refractivity contribution in [3.05, 3.63) is 41.0 Å². The number of benzene rings is 1. The topological polar surface area (TPSA) is 24.9 Å². The lowest BCUT2D eigenvalue weighted by Gasteiger charge is -1.98. The fraction of sp³-hybridized carbons (Fsp3) is 0.182. The molecule has 16 heavy (non-hydrogen) atoms. The molecule has 2 nitrogen and oxygen atoms in total. The number of aromatic nitrogens is 1. The zero-order valence-corrected chi connectivity index (χ0v) is 9.44. The van der Waals surface area contributed by atoms with Crippen LogP contribution in [0.4, 0.5) is 8.78 Å². The zero-order chi connectivity index (χ0) is 11.5. The Morgan fingerprint density at radius 2 is 2.19 bits per heavy atom. The van der Waals surface area contributed by atoms with Gasteiger partial charge in [0.25, 0.3) is 0 Å². The predicted octanol–water partition coefficient (Wildman–Crippen LogP) is 2.81. The highest BCUT2D eigenvalue weighted by Crippen LogP contribution is 2.28. The molecule has 0 bridgehead atoms. The van der Waals surface area contributed by atoms with Crippen molar-refractivity contribution >= 4 is 11.3 Å². The number of rotatable bonds is 3. The highest BCUT2D eigenvalue weighted by molar-refractivity contribution is 7.15. The Morgan fingerprint density at radius 1 is 1.38 bits per heavy atom. The van der Waals surface area contributed by atoms with E-state index in [1.165, 1.54) is 23.5 Å². The van der Waals surface area contributed by atoms with Crippen LogP contribution in [0.3, 0.4) is 0 Å². The van der Waals surface area contributed by atoms with Crippen molar-refractivity contribution in [3.63, 3.8) is 0 Å². The minimum absolute atomic E-state index is 0.390. The van der Waals surface area contributed by atoms with Crippen molar-refractivity contribution < 1.29 is 8.78 Å². The number of nitrogens with one attached hydrogen (secondary N) is 1. The molecule has 1 aromatic heterocycles. The van der Waals surface area contributed by atoms with Crippen LogP contribution in [0.15, 0.2) is 24.4 Å². The summed E-state index contributed by atoms with van der Waals surface area (Å²) < 4.78 is 26.2. The van der Waals surface area contributed by atoms with E-state index in [-0.39, 0.29) is 0 Å². The van der Waals surface area contributed by atoms with E-state index in [9.17, 15) is 8.78 Å². The number of hydrogen-bond donors (Lipinski definition) is 1. The van der Waals surface area contributed by atoms with Crippen LogP contribution in [0, 0.1) is 11.6 Å². The molecule has 0 aliphatic rings. The van der Waals surface area contributed by atoms with Crippen LogP contribution >= 0.6 is 11.3 Å². The molecular weight excluding hydrogens is 230 g/mol. The largest absolute Gasteiger partial charge is 0.314 e. The Kier molecular flexibility index (Phi) is 3.26. The van der Waals surface area contributed by atoms with Gasteiger partial charge in [0.2, 0.25) is 0 Å². The number of nitrogens with zero attached hydrogens (tertiary/aromatic N) is 1. The first-order chi connectivity index (χ1) is 7.70. The standard InChI is InChI=1S/C11H10F2N2S/c1-14-6-11-15-5-10(16-11)8-3-2-7(12)4-9(8)13/h2-5,14H,6H2,1H3. The molecule has 0 aliphatic heterocycles. The average Bonchev–Trinajstić information content (AvgIpc) is 2.67. The molecule has 1 heterocycles. The van der Waals surface area contributed by atoms with E-state index in [1.54, 1.807) is 6.20 Å². The number of hydrogen-bond acceptors (Lipinski definition) is 3. The molecule has 0 saturated carbocycles. The van der Waals surface area contributed by atoms with Gasteiger partial charge in [0.05, 0.1) is 4.88 Å². The Balaban J connectivity index is 2.35. The molecule has 0 aliphatic carbocycles. The Hall–Kier alpha value is -1.33. The maximum atomic E-state index is 13.5. The van der Waals surface area contributed by atoms with Crippen molar-refractivity contribution in [2.24, 2.45) is 0 Å². The van der Waals surface area contributed by atoms with E-state index in [0.29, 0.717) is 17.0 Å². The van der Waals surface area contributed by atoms with Crippen LogP contribution < -0.4 is 5.32 Å². The second-order valence-electron chi connectivity index (χ2n) is 3.27. The molecule has 0 spiro atoms.